The zero-order valence-electron chi connectivity index (χ0n) is 80.1. The first-order chi connectivity index (χ1) is 67.7. The predicted molar refractivity (Wildman–Crippen MR) is 535 cm³/mol. The molecular weight excluding hydrogens is 1800 g/mol. The van der Waals surface area contributed by atoms with Crippen LogP contribution in [0.2, 0.25) is 0 Å². The van der Waals surface area contributed by atoms with Crippen LogP contribution in [0, 0.1) is 30.5 Å². The number of aromatic amines is 1. The van der Waals surface area contributed by atoms with Gasteiger partial charge in [-0.05, 0) is 176 Å². The van der Waals surface area contributed by atoms with Gasteiger partial charge in [-0.1, -0.05) is 5.16 Å². The third-order valence-electron chi connectivity index (χ3n) is 24.5. The van der Waals surface area contributed by atoms with Crippen molar-refractivity contribution in [3.63, 3.8) is 0 Å². The van der Waals surface area contributed by atoms with E-state index in [2.05, 4.69) is 77.3 Å². The molecule has 0 bridgehead atoms. The average molecular weight is 1910 g/mol. The lowest BCUT2D eigenvalue weighted by Crippen LogP contribution is -2.42. The lowest BCUT2D eigenvalue weighted by molar-refractivity contribution is 0.0184. The van der Waals surface area contributed by atoms with Crippen molar-refractivity contribution in [2.45, 2.75) is 97.2 Å². The molecule has 720 valence electrons. The zero-order valence-corrected chi connectivity index (χ0v) is 81.0. The molecule has 4 fully saturated rings. The maximum absolute atomic E-state index is 14.2. The Morgan fingerprint density at radius 1 is 0.436 bits per heavy atom. The minimum Gasteiger partial charge on any atom is -0.497 e. The Bertz CT molecular complexity index is 7350. The Morgan fingerprint density at radius 3 is 1.18 bits per heavy atom. The molecule has 1 saturated heterocycles. The summed E-state index contributed by atoms with van der Waals surface area (Å²) in [5.41, 5.74) is 20.3. The predicted octanol–water partition coefficient (Wildman–Crippen LogP) is 19.9. The van der Waals surface area contributed by atoms with E-state index in [4.69, 9.17) is 67.3 Å². The molecule has 17 aromatic rings. The number of benzene rings is 8. The summed E-state index contributed by atoms with van der Waals surface area (Å²) in [6.07, 6.45) is 30.7. The largest absolute Gasteiger partial charge is 0.497 e. The molecule has 3 saturated carbocycles. The number of hydrogen-bond donors (Lipinski definition) is 1. The second-order valence-corrected chi connectivity index (χ2v) is 38.0. The van der Waals surface area contributed by atoms with E-state index >= 15 is 0 Å². The normalized spacial score (nSPS) is 13.7. The number of nitrogens with zero attached hydrogens (tertiary/aromatic N) is 21. The van der Waals surface area contributed by atoms with Crippen LogP contribution >= 0.6 is 0 Å². The molecule has 3 aliphatic carbocycles. The van der Waals surface area contributed by atoms with Gasteiger partial charge in [-0.25, -0.2) is 37.5 Å². The number of nitrogens with one attached hydrogen (secondary N) is 1. The number of anilines is 8. The Kier molecular flexibility index (Phi) is 27.8. The fourth-order valence-electron chi connectivity index (χ4n) is 16.5. The van der Waals surface area contributed by atoms with Crippen LogP contribution in [-0.2, 0) is 28.4 Å². The van der Waals surface area contributed by atoms with Gasteiger partial charge in [0.25, 0.3) is 10.0 Å². The summed E-state index contributed by atoms with van der Waals surface area (Å²) in [4.78, 5) is 60.8. The molecule has 4 aliphatic rings. The number of ether oxygens (including phenoxy) is 8. The molecular formula is C104H109FN22O12S. The molecule has 10 heterocycles. The quantitative estimate of drug-likeness (QED) is 0.0455. The molecule has 1 amide bonds. The molecule has 140 heavy (non-hydrogen) atoms. The highest BCUT2D eigenvalue weighted by Gasteiger charge is 2.33. The van der Waals surface area contributed by atoms with Crippen molar-refractivity contribution in [1.82, 2.24) is 88.9 Å². The number of fused-ring (bicyclic) bond motifs is 4. The standard InChI is InChI=1S/C33H40N6O4.C24H22N6O3.C24H25N5O4S.C23H22FN5O/c1-33(2,3)43-32(40)37-12-10-24(11-13-37)39-21-23(18-35-39)31-19-34-29-9-8-25(16-30(29)36-31)38(20-22-6-7-22)26-14-27(41-4)17-28(15-26)42-5;1-15-6-21(33-29-15)14-30(18-7-19(31-2)10-20(8-18)32-3)17-4-5-22-23(9-17)28-24(13-25-22)16-11-26-27-12-16;1-32-20-8-19(9-21(11-20)33-2)28(14-16-4-5-16)18-6-7-22-23(10-18)27-24(13-25-22)17-12-26-29(15-17)34(3,30)31;1-28-14-16(11-26-28)23-12-25-21-6-5-18(10-22(21)27-23)29(13-15-3-4-15)19-7-17(24)8-20(9-19)30-2/h8-9,14-19,21-22,24H,6-7,10-13,20H2,1-5H3;4-13H,14H2,1-3H3,(H,26,27);6-13,15-16H,4-5,14H2,1-3H3;5-12,14-15H,3-4,13H2,1-2H3. The molecule has 0 radical (unpaired) electrons. The van der Waals surface area contributed by atoms with E-state index in [0.29, 0.717) is 71.4 Å². The molecule has 8 aromatic carbocycles. The maximum Gasteiger partial charge on any atom is 0.410 e. The number of aromatic nitrogens is 17. The van der Waals surface area contributed by atoms with Crippen molar-refractivity contribution in [2.24, 2.45) is 24.8 Å². The highest BCUT2D eigenvalue weighted by Crippen LogP contribution is 2.45. The number of halogens is 1. The smallest absolute Gasteiger partial charge is 0.410 e. The van der Waals surface area contributed by atoms with Crippen molar-refractivity contribution in [2.75, 3.05) is 108 Å². The molecule has 34 nitrogen and oxygen atoms in total. The van der Waals surface area contributed by atoms with Gasteiger partial charge < -0.3 is 66.9 Å². The first kappa shape index (κ1) is 94.5. The van der Waals surface area contributed by atoms with Gasteiger partial charge in [0.05, 0.1) is 197 Å². The number of aryl methyl sites for hydroxylation is 2. The Hall–Kier alpha value is -15.9. The minimum atomic E-state index is -3.47. The van der Waals surface area contributed by atoms with Gasteiger partial charge in [0.2, 0.25) is 0 Å². The average Bonchev–Trinajstić information content (AvgIpc) is 1.46. The van der Waals surface area contributed by atoms with Gasteiger partial charge in [0.1, 0.15) is 51.7 Å². The number of amides is 1. The van der Waals surface area contributed by atoms with Crippen LogP contribution < -0.4 is 52.8 Å². The van der Waals surface area contributed by atoms with Crippen LogP contribution in [-0.4, -0.2) is 198 Å². The van der Waals surface area contributed by atoms with E-state index in [1.54, 1.807) is 103 Å². The van der Waals surface area contributed by atoms with Crippen LogP contribution in [0.3, 0.4) is 0 Å². The number of carbonyl (C=O) groups excluding carboxylic acids is 1. The van der Waals surface area contributed by atoms with E-state index in [1.807, 2.05) is 192 Å². The lowest BCUT2D eigenvalue weighted by atomic mass is 10.1. The van der Waals surface area contributed by atoms with Crippen molar-refractivity contribution in [3.05, 3.63) is 243 Å². The monoisotopic (exact) mass is 1910 g/mol. The van der Waals surface area contributed by atoms with Crippen LogP contribution in [0.25, 0.3) is 89.2 Å². The summed E-state index contributed by atoms with van der Waals surface area (Å²) in [5, 5.41) is 23.7. The Morgan fingerprint density at radius 2 is 0.814 bits per heavy atom. The van der Waals surface area contributed by atoms with Crippen molar-refractivity contribution in [1.29, 1.82) is 0 Å². The molecule has 1 aliphatic heterocycles. The minimum absolute atomic E-state index is 0.211. The Balaban J connectivity index is 0.000000125. The summed E-state index contributed by atoms with van der Waals surface area (Å²) in [7, 11) is 9.85. The summed E-state index contributed by atoms with van der Waals surface area (Å²) >= 11 is 0. The first-order valence-corrected chi connectivity index (χ1v) is 48.0. The molecule has 0 spiro atoms. The van der Waals surface area contributed by atoms with Crippen LogP contribution in [0.15, 0.2) is 231 Å². The number of carbonyl (C=O) groups is 1. The summed E-state index contributed by atoms with van der Waals surface area (Å²) < 4.78 is 91.8. The Labute approximate surface area is 809 Å². The third-order valence-corrected chi connectivity index (χ3v) is 25.4. The lowest BCUT2D eigenvalue weighted by Gasteiger charge is -2.33. The number of H-pyrrole nitrogens is 1. The second kappa shape index (κ2) is 41.2. The number of hydrogen-bond acceptors (Lipinski definition) is 29. The van der Waals surface area contributed by atoms with Gasteiger partial charge in [0, 0.05) is 199 Å². The number of methoxy groups -OCH3 is 7. The van der Waals surface area contributed by atoms with Crippen molar-refractivity contribution < 1.29 is 60.0 Å². The van der Waals surface area contributed by atoms with Crippen LogP contribution in [0.5, 0.6) is 40.2 Å². The number of rotatable bonds is 29. The molecule has 9 aromatic heterocycles. The highest BCUT2D eigenvalue weighted by molar-refractivity contribution is 7.89. The van der Waals surface area contributed by atoms with Crippen molar-refractivity contribution >= 4 is 106 Å². The van der Waals surface area contributed by atoms with E-state index in [1.165, 1.54) is 57.0 Å². The molecule has 0 unspecified atom stereocenters. The third kappa shape index (κ3) is 23.0. The SMILES string of the molecule is COc1cc(F)cc(N(CC2CC2)c2ccc3ncc(-c4cnn(C)c4)nc3c2)c1.COc1cc(OC)cc(N(CC2CC2)c2ccc3ncc(-c4cnn(C5CCN(C(=O)OC(C)(C)C)CC5)c4)nc3c2)c1.COc1cc(OC)cc(N(CC2CC2)c2ccc3ncc(-c4cnn(S(C)(=O)=O)c4)nc3c2)c1.COc1cc(OC)cc(N(Cc2cc(C)no2)c2ccc3ncc(-c4cn[nH]c4)nc3c2)c1. The topological polar surface area (TPSA) is 353 Å². The van der Waals surface area contributed by atoms with E-state index in [-0.39, 0.29) is 18.0 Å². The van der Waals surface area contributed by atoms with Gasteiger partial charge in [-0.2, -0.15) is 24.5 Å². The molecule has 21 rings (SSSR count). The molecule has 36 heteroatoms. The van der Waals surface area contributed by atoms with Crippen molar-refractivity contribution in [3.8, 4) is 85.3 Å². The summed E-state index contributed by atoms with van der Waals surface area (Å²) in [5.74, 6) is 7.15. The first-order valence-electron chi connectivity index (χ1n) is 46.1. The zero-order chi connectivity index (χ0) is 97.5. The van der Waals surface area contributed by atoms with Crippen LogP contribution in [0.1, 0.15) is 89.6 Å². The van der Waals surface area contributed by atoms with Gasteiger partial charge >= 0.3 is 6.09 Å². The highest BCUT2D eigenvalue weighted by atomic mass is 32.2. The number of piperidine rings is 1. The molecule has 0 atom stereocenters. The van der Waals surface area contributed by atoms with Gasteiger partial charge in [-0.3, -0.25) is 34.4 Å². The van der Waals surface area contributed by atoms with E-state index < -0.39 is 15.6 Å². The van der Waals surface area contributed by atoms with Crippen LogP contribution in [0.4, 0.5) is 54.7 Å². The van der Waals surface area contributed by atoms with E-state index in [9.17, 15) is 17.6 Å². The van der Waals surface area contributed by atoms with Gasteiger partial charge in [0.15, 0.2) is 5.76 Å². The van der Waals surface area contributed by atoms with Gasteiger partial charge in [-0.15, -0.1) is 0 Å². The summed E-state index contributed by atoms with van der Waals surface area (Å²) in [6.45, 7) is 11.9. The fourth-order valence-corrected chi connectivity index (χ4v) is 17.0. The van der Waals surface area contributed by atoms with E-state index in [0.717, 1.165) is 195 Å². The maximum atomic E-state index is 14.2. The summed E-state index contributed by atoms with van der Waals surface area (Å²) in [6, 6.07) is 48.7. The fraction of sp³-hybridized carbons (Fsp3) is 0.308. The second-order valence-electron chi connectivity index (χ2n) is 36.1. The molecule has 1 N–H and O–H groups in total. The number of likely N-dealkylation sites (tertiary alicyclic amines) is 1.